The summed E-state index contributed by atoms with van der Waals surface area (Å²) in [6, 6.07) is 19.3. The van der Waals surface area contributed by atoms with Crippen molar-refractivity contribution in [1.29, 1.82) is 0 Å². The summed E-state index contributed by atoms with van der Waals surface area (Å²) < 4.78 is 5.53. The highest BCUT2D eigenvalue weighted by atomic mass is 16.5. The van der Waals surface area contributed by atoms with E-state index in [1.54, 1.807) is 0 Å². The molecule has 96 valence electrons. The Bertz CT molecular complexity index is 566. The van der Waals surface area contributed by atoms with Gasteiger partial charge in [0.2, 0.25) is 5.90 Å². The summed E-state index contributed by atoms with van der Waals surface area (Å²) in [6.07, 6.45) is -0.602. The molecule has 1 aliphatic rings. The Morgan fingerprint density at radius 1 is 0.947 bits per heavy atom. The van der Waals surface area contributed by atoms with Crippen LogP contribution in [0.3, 0.4) is 0 Å². The summed E-state index contributed by atoms with van der Waals surface area (Å²) in [5.74, 6) is 0.597. The molecule has 2 aromatic carbocycles. The van der Waals surface area contributed by atoms with Crippen LogP contribution in [0.4, 0.5) is 0 Å². The lowest BCUT2D eigenvalue weighted by Crippen LogP contribution is -2.31. The number of nitrogens with zero attached hydrogens (tertiary/aromatic N) is 1. The van der Waals surface area contributed by atoms with Gasteiger partial charge < -0.3 is 9.84 Å². The third-order valence-corrected chi connectivity index (χ3v) is 3.17. The summed E-state index contributed by atoms with van der Waals surface area (Å²) in [4.78, 5) is 4.55. The summed E-state index contributed by atoms with van der Waals surface area (Å²) in [7, 11) is 0. The van der Waals surface area contributed by atoms with Gasteiger partial charge in [-0.05, 0) is 17.7 Å². The molecule has 0 saturated carbocycles. The molecule has 3 rings (SSSR count). The molecule has 0 fully saturated rings. The maximum absolute atomic E-state index is 10.1. The number of hydrogen-bond acceptors (Lipinski definition) is 3. The molecule has 0 spiro atoms. The first-order valence-electron chi connectivity index (χ1n) is 6.33. The van der Waals surface area contributed by atoms with Crippen LogP contribution in [0.5, 0.6) is 0 Å². The average Bonchev–Trinajstić information content (AvgIpc) is 2.49. The molecule has 0 aromatic heterocycles. The Hall–Kier alpha value is -2.13. The van der Waals surface area contributed by atoms with Crippen molar-refractivity contribution < 1.29 is 9.84 Å². The minimum atomic E-state index is -0.602. The van der Waals surface area contributed by atoms with E-state index in [0.717, 1.165) is 11.1 Å². The molecule has 3 heteroatoms. The molecule has 0 amide bonds. The molecule has 1 heterocycles. The zero-order valence-electron chi connectivity index (χ0n) is 10.4. The predicted molar refractivity (Wildman–Crippen MR) is 74.1 cm³/mol. The highest BCUT2D eigenvalue weighted by Crippen LogP contribution is 2.26. The van der Waals surface area contributed by atoms with E-state index in [-0.39, 0.29) is 12.6 Å². The van der Waals surface area contributed by atoms with Crippen molar-refractivity contribution >= 4 is 5.90 Å². The predicted octanol–water partition coefficient (Wildman–Crippen LogP) is 2.57. The van der Waals surface area contributed by atoms with Gasteiger partial charge in [-0.3, -0.25) is 0 Å². The lowest BCUT2D eigenvalue weighted by atomic mass is 10.0. The van der Waals surface area contributed by atoms with Crippen LogP contribution in [0, 0.1) is 0 Å². The molecular formula is C16H15NO2. The minimum absolute atomic E-state index is 0.259. The van der Waals surface area contributed by atoms with Crippen molar-refractivity contribution in [1.82, 2.24) is 0 Å². The third-order valence-electron chi connectivity index (χ3n) is 3.17. The van der Waals surface area contributed by atoms with E-state index in [1.807, 2.05) is 60.7 Å². The number of aliphatic hydroxyl groups is 1. The number of hydrogen-bond donors (Lipinski definition) is 1. The van der Waals surface area contributed by atoms with Crippen LogP contribution in [0.2, 0.25) is 0 Å². The van der Waals surface area contributed by atoms with Crippen LogP contribution in [0.15, 0.2) is 65.7 Å². The van der Waals surface area contributed by atoms with E-state index < -0.39 is 6.10 Å². The molecule has 2 atom stereocenters. The van der Waals surface area contributed by atoms with Crippen molar-refractivity contribution in [2.45, 2.75) is 12.1 Å². The van der Waals surface area contributed by atoms with Crippen LogP contribution < -0.4 is 0 Å². The SMILES string of the molecule is OC1COC(c2ccccc2)=NC1c1ccccc1. The third kappa shape index (κ3) is 2.51. The molecule has 1 N–H and O–H groups in total. The second-order valence-corrected chi connectivity index (χ2v) is 4.53. The monoisotopic (exact) mass is 253 g/mol. The standard InChI is InChI=1S/C16H15NO2/c18-14-11-19-16(13-9-5-2-6-10-13)17-15(14)12-7-3-1-4-8-12/h1-10,14-15,18H,11H2. The number of ether oxygens (including phenoxy) is 1. The van der Waals surface area contributed by atoms with Gasteiger partial charge in [-0.1, -0.05) is 48.5 Å². The smallest absolute Gasteiger partial charge is 0.216 e. The summed E-state index contributed by atoms with van der Waals surface area (Å²) >= 11 is 0. The van der Waals surface area contributed by atoms with Crippen molar-refractivity contribution in [3.05, 3.63) is 71.8 Å². The van der Waals surface area contributed by atoms with Gasteiger partial charge in [-0.25, -0.2) is 4.99 Å². The number of benzene rings is 2. The quantitative estimate of drug-likeness (QED) is 0.893. The Morgan fingerprint density at radius 2 is 1.58 bits per heavy atom. The lowest BCUT2D eigenvalue weighted by molar-refractivity contribution is 0.0652. The fourth-order valence-electron chi connectivity index (χ4n) is 2.19. The molecule has 2 unspecified atom stereocenters. The Labute approximate surface area is 112 Å². The summed E-state index contributed by atoms with van der Waals surface area (Å²) in [6.45, 7) is 0.271. The van der Waals surface area contributed by atoms with Crippen LogP contribution >= 0.6 is 0 Å². The second-order valence-electron chi connectivity index (χ2n) is 4.53. The van der Waals surface area contributed by atoms with Gasteiger partial charge in [0.25, 0.3) is 0 Å². The van der Waals surface area contributed by atoms with Crippen molar-refractivity contribution in [2.24, 2.45) is 4.99 Å². The first-order valence-corrected chi connectivity index (χ1v) is 6.33. The van der Waals surface area contributed by atoms with Crippen molar-refractivity contribution in [3.63, 3.8) is 0 Å². The molecule has 0 radical (unpaired) electrons. The minimum Gasteiger partial charge on any atom is -0.475 e. The van der Waals surface area contributed by atoms with Gasteiger partial charge in [-0.2, -0.15) is 0 Å². The number of rotatable bonds is 2. The van der Waals surface area contributed by atoms with E-state index in [1.165, 1.54) is 0 Å². The molecule has 0 bridgehead atoms. The van der Waals surface area contributed by atoms with Gasteiger partial charge >= 0.3 is 0 Å². The van der Waals surface area contributed by atoms with Crippen LogP contribution in [-0.2, 0) is 4.74 Å². The van der Waals surface area contributed by atoms with Crippen LogP contribution in [-0.4, -0.2) is 23.7 Å². The molecule has 3 nitrogen and oxygen atoms in total. The van der Waals surface area contributed by atoms with Gasteiger partial charge in [0.05, 0.1) is 0 Å². The fourth-order valence-corrected chi connectivity index (χ4v) is 2.19. The van der Waals surface area contributed by atoms with Gasteiger partial charge in [0, 0.05) is 5.56 Å². The van der Waals surface area contributed by atoms with E-state index in [4.69, 9.17) is 4.74 Å². The Kier molecular flexibility index (Phi) is 3.29. The van der Waals surface area contributed by atoms with E-state index in [9.17, 15) is 5.11 Å². The normalized spacial score (nSPS) is 22.5. The van der Waals surface area contributed by atoms with E-state index in [2.05, 4.69) is 4.99 Å². The van der Waals surface area contributed by atoms with Gasteiger partial charge in [0.1, 0.15) is 18.8 Å². The number of aliphatic hydroxyl groups excluding tert-OH is 1. The zero-order valence-corrected chi connectivity index (χ0v) is 10.4. The molecule has 0 saturated heterocycles. The maximum atomic E-state index is 10.1. The average molecular weight is 253 g/mol. The largest absolute Gasteiger partial charge is 0.475 e. The molecule has 2 aromatic rings. The summed E-state index contributed by atoms with van der Waals surface area (Å²) in [5, 5.41) is 10.1. The number of aliphatic imine (C=N–C) groups is 1. The molecular weight excluding hydrogens is 238 g/mol. The highest BCUT2D eigenvalue weighted by Gasteiger charge is 2.27. The first-order chi connectivity index (χ1) is 9.34. The van der Waals surface area contributed by atoms with Crippen LogP contribution in [0.25, 0.3) is 0 Å². The first kappa shape index (κ1) is 11.9. The zero-order chi connectivity index (χ0) is 13.1. The fraction of sp³-hybridized carbons (Fsp3) is 0.188. The van der Waals surface area contributed by atoms with E-state index >= 15 is 0 Å². The molecule has 0 aliphatic carbocycles. The highest BCUT2D eigenvalue weighted by molar-refractivity contribution is 5.94. The Morgan fingerprint density at radius 3 is 2.26 bits per heavy atom. The maximum Gasteiger partial charge on any atom is 0.216 e. The van der Waals surface area contributed by atoms with E-state index in [0.29, 0.717) is 5.90 Å². The van der Waals surface area contributed by atoms with Crippen LogP contribution in [0.1, 0.15) is 17.2 Å². The molecule has 19 heavy (non-hydrogen) atoms. The van der Waals surface area contributed by atoms with Gasteiger partial charge in [-0.15, -0.1) is 0 Å². The topological polar surface area (TPSA) is 41.8 Å². The van der Waals surface area contributed by atoms with Crippen molar-refractivity contribution in [2.75, 3.05) is 6.61 Å². The van der Waals surface area contributed by atoms with Gasteiger partial charge in [0.15, 0.2) is 0 Å². The lowest BCUT2D eigenvalue weighted by Gasteiger charge is -2.26. The summed E-state index contributed by atoms with van der Waals surface area (Å²) in [5.41, 5.74) is 1.95. The molecule has 1 aliphatic heterocycles. The Balaban J connectivity index is 1.96. The van der Waals surface area contributed by atoms with Crippen molar-refractivity contribution in [3.8, 4) is 0 Å². The second kappa shape index (κ2) is 5.24.